The van der Waals surface area contributed by atoms with Gasteiger partial charge in [0.1, 0.15) is 24.0 Å². The molecule has 7 heteroatoms. The number of nitrogens with zero attached hydrogens (tertiary/aromatic N) is 6. The molecule has 7 nitrogen and oxygen atoms in total. The van der Waals surface area contributed by atoms with Crippen LogP contribution >= 0.6 is 0 Å². The molecule has 14 rings (SSSR count). The summed E-state index contributed by atoms with van der Waals surface area (Å²) in [4.78, 5) is 9.89. The molecule has 9 aromatic carbocycles. The van der Waals surface area contributed by atoms with Gasteiger partial charge in [-0.15, -0.1) is 0 Å². The van der Waals surface area contributed by atoms with Crippen LogP contribution in [0, 0.1) is 0 Å². The number of hydrogen-bond donors (Lipinski definition) is 0. The number of anilines is 4. The third kappa shape index (κ3) is 6.39. The number of benzene rings is 9. The summed E-state index contributed by atoms with van der Waals surface area (Å²) >= 11 is 0. The largest absolute Gasteiger partial charge is 0.457 e. The second-order valence-corrected chi connectivity index (χ2v) is 19.7. The average molecular weight is 917 g/mol. The fraction of sp³-hybridized carbons (Fsp3) is 0.0781. The highest BCUT2D eigenvalue weighted by atomic mass is 16.5. The second kappa shape index (κ2) is 15.7. The molecule has 0 saturated carbocycles. The SMILES string of the molecule is CC(C)(C)c1ccnc(-n2c3ccccc3c3ccc(Oc4cccc(N5CN(c6c7c8ccccc8n(-c8ccccc8)c7cc7c6c6ccccc6n7-c6ccccc6)c6ccccc65)c4)cc32)c1. The maximum Gasteiger partial charge on any atom is 0.137 e. The van der Waals surface area contributed by atoms with Crippen LogP contribution in [0.25, 0.3) is 82.6 Å². The van der Waals surface area contributed by atoms with Crippen molar-refractivity contribution in [2.24, 2.45) is 0 Å². The Morgan fingerprint density at radius 2 is 0.915 bits per heavy atom. The van der Waals surface area contributed by atoms with Crippen LogP contribution in [-0.2, 0) is 5.41 Å². The zero-order valence-electron chi connectivity index (χ0n) is 39.7. The molecule has 0 radical (unpaired) electrons. The van der Waals surface area contributed by atoms with E-state index in [1.807, 2.05) is 6.20 Å². The van der Waals surface area contributed by atoms with Gasteiger partial charge in [0.05, 0.1) is 50.2 Å². The van der Waals surface area contributed by atoms with Crippen LogP contribution in [0.2, 0.25) is 0 Å². The Hall–Kier alpha value is -9.07. The molecule has 4 aromatic heterocycles. The van der Waals surface area contributed by atoms with E-state index in [2.05, 4.69) is 263 Å². The van der Waals surface area contributed by atoms with Crippen molar-refractivity contribution < 1.29 is 4.74 Å². The maximum atomic E-state index is 6.87. The van der Waals surface area contributed by atoms with Gasteiger partial charge in [-0.2, -0.15) is 0 Å². The fourth-order valence-corrected chi connectivity index (χ4v) is 11.3. The lowest BCUT2D eigenvalue weighted by molar-refractivity contribution is 0.483. The van der Waals surface area contributed by atoms with Crippen molar-refractivity contribution in [1.29, 1.82) is 0 Å². The van der Waals surface area contributed by atoms with E-state index in [0.29, 0.717) is 6.67 Å². The molecular weight excluding hydrogens is 869 g/mol. The minimum Gasteiger partial charge on any atom is -0.457 e. The van der Waals surface area contributed by atoms with Gasteiger partial charge in [0.25, 0.3) is 0 Å². The van der Waals surface area contributed by atoms with Crippen LogP contribution < -0.4 is 14.5 Å². The van der Waals surface area contributed by atoms with E-state index in [9.17, 15) is 0 Å². The van der Waals surface area contributed by atoms with Gasteiger partial charge in [-0.3, -0.25) is 4.57 Å². The molecule has 340 valence electrons. The Labute approximate surface area is 411 Å². The number of para-hydroxylation sites is 7. The van der Waals surface area contributed by atoms with E-state index in [1.165, 1.54) is 49.2 Å². The molecular formula is C64H48N6O. The monoisotopic (exact) mass is 916 g/mol. The number of rotatable bonds is 7. The second-order valence-electron chi connectivity index (χ2n) is 19.7. The molecule has 0 atom stereocenters. The van der Waals surface area contributed by atoms with E-state index in [4.69, 9.17) is 9.72 Å². The van der Waals surface area contributed by atoms with Gasteiger partial charge in [0.15, 0.2) is 0 Å². The molecule has 5 heterocycles. The number of fused-ring (bicyclic) bond motifs is 10. The van der Waals surface area contributed by atoms with Gasteiger partial charge in [-0.1, -0.05) is 130 Å². The van der Waals surface area contributed by atoms with E-state index in [0.717, 1.165) is 73.2 Å². The predicted octanol–water partition coefficient (Wildman–Crippen LogP) is 16.7. The van der Waals surface area contributed by atoms with Crippen LogP contribution in [-0.4, -0.2) is 25.4 Å². The molecule has 0 unspecified atom stereocenters. The van der Waals surface area contributed by atoms with Crippen molar-refractivity contribution in [2.75, 3.05) is 16.5 Å². The standard InChI is InChI=1S/C64H48N6O/c1-64(2,3)42-35-36-65-60(37-42)70-52-28-13-10-25-48(52)49-34-33-47(39-57(49)70)71-46-24-18-23-45(38-46)66-41-67(56-32-17-16-31-55(56)66)63-61-50-26-11-14-29-53(50)68(43-19-6-4-7-20-43)58(61)40-59-62(63)51-27-12-15-30-54(51)69(59)44-21-8-5-9-22-44/h4-40H,41H2,1-3H3. The molecule has 0 amide bonds. The first-order chi connectivity index (χ1) is 34.9. The topological polar surface area (TPSA) is 43.4 Å². The zero-order chi connectivity index (χ0) is 47.4. The molecule has 0 fully saturated rings. The quantitative estimate of drug-likeness (QED) is 0.160. The van der Waals surface area contributed by atoms with Crippen LogP contribution in [0.4, 0.5) is 22.7 Å². The van der Waals surface area contributed by atoms with Crippen molar-refractivity contribution >= 4 is 88.2 Å². The summed E-state index contributed by atoms with van der Waals surface area (Å²) in [6.07, 6.45) is 1.93. The van der Waals surface area contributed by atoms with Gasteiger partial charge < -0.3 is 23.7 Å². The molecule has 1 aliphatic rings. The lowest BCUT2D eigenvalue weighted by Gasteiger charge is -2.24. The fourth-order valence-electron chi connectivity index (χ4n) is 11.3. The molecule has 1 aliphatic heterocycles. The summed E-state index contributed by atoms with van der Waals surface area (Å²) in [6.45, 7) is 7.31. The van der Waals surface area contributed by atoms with Crippen molar-refractivity contribution in [3.8, 4) is 28.7 Å². The normalized spacial score (nSPS) is 12.9. The number of pyridine rings is 1. The molecule has 0 spiro atoms. The molecule has 13 aromatic rings. The summed E-state index contributed by atoms with van der Waals surface area (Å²) in [6, 6.07) is 78.4. The smallest absolute Gasteiger partial charge is 0.137 e. The highest BCUT2D eigenvalue weighted by Crippen LogP contribution is 2.53. The summed E-state index contributed by atoms with van der Waals surface area (Å²) in [5.74, 6) is 2.41. The predicted molar refractivity (Wildman–Crippen MR) is 294 cm³/mol. The van der Waals surface area contributed by atoms with E-state index in [-0.39, 0.29) is 5.41 Å². The van der Waals surface area contributed by atoms with Crippen molar-refractivity contribution in [2.45, 2.75) is 26.2 Å². The van der Waals surface area contributed by atoms with Crippen molar-refractivity contribution in [3.63, 3.8) is 0 Å². The molecule has 0 saturated heterocycles. The zero-order valence-corrected chi connectivity index (χ0v) is 39.7. The lowest BCUT2D eigenvalue weighted by Crippen LogP contribution is -2.24. The Balaban J connectivity index is 0.929. The van der Waals surface area contributed by atoms with Crippen LogP contribution in [0.1, 0.15) is 26.3 Å². The Kier molecular flexibility index (Phi) is 9.08. The van der Waals surface area contributed by atoms with Gasteiger partial charge in [-0.05, 0) is 108 Å². The summed E-state index contributed by atoms with van der Waals surface area (Å²) in [5, 5.41) is 7.18. The maximum absolute atomic E-state index is 6.87. The van der Waals surface area contributed by atoms with Crippen molar-refractivity contribution in [1.82, 2.24) is 18.7 Å². The number of aromatic nitrogens is 4. The van der Waals surface area contributed by atoms with Crippen LogP contribution in [0.15, 0.2) is 225 Å². The molecule has 0 bridgehead atoms. The first-order valence-electron chi connectivity index (χ1n) is 24.4. The number of ether oxygens (including phenoxy) is 1. The van der Waals surface area contributed by atoms with Crippen molar-refractivity contribution in [3.05, 3.63) is 230 Å². The van der Waals surface area contributed by atoms with E-state index >= 15 is 0 Å². The van der Waals surface area contributed by atoms with E-state index < -0.39 is 0 Å². The molecule has 0 N–H and O–H groups in total. The summed E-state index contributed by atoms with van der Waals surface area (Å²) in [5.41, 5.74) is 14.8. The third-order valence-corrected chi connectivity index (χ3v) is 14.5. The third-order valence-electron chi connectivity index (χ3n) is 14.5. The highest BCUT2D eigenvalue weighted by Gasteiger charge is 2.33. The Morgan fingerprint density at radius 1 is 0.394 bits per heavy atom. The minimum atomic E-state index is -0.0201. The van der Waals surface area contributed by atoms with Gasteiger partial charge in [-0.25, -0.2) is 4.98 Å². The van der Waals surface area contributed by atoms with Gasteiger partial charge in [0, 0.05) is 67.7 Å². The van der Waals surface area contributed by atoms with Gasteiger partial charge >= 0.3 is 0 Å². The first kappa shape index (κ1) is 40.9. The average Bonchev–Trinajstić information content (AvgIpc) is 4.16. The van der Waals surface area contributed by atoms with Crippen LogP contribution in [0.3, 0.4) is 0 Å². The first-order valence-corrected chi connectivity index (χ1v) is 24.4. The van der Waals surface area contributed by atoms with E-state index in [1.54, 1.807) is 0 Å². The Morgan fingerprint density at radius 3 is 1.55 bits per heavy atom. The van der Waals surface area contributed by atoms with Gasteiger partial charge in [0.2, 0.25) is 0 Å². The lowest BCUT2D eigenvalue weighted by atomic mass is 9.88. The number of hydrogen-bond acceptors (Lipinski definition) is 4. The molecule has 0 aliphatic carbocycles. The minimum absolute atomic E-state index is 0.0201. The summed E-state index contributed by atoms with van der Waals surface area (Å²) < 4.78 is 14.0. The summed E-state index contributed by atoms with van der Waals surface area (Å²) in [7, 11) is 0. The molecule has 71 heavy (non-hydrogen) atoms. The van der Waals surface area contributed by atoms with Crippen LogP contribution in [0.5, 0.6) is 11.5 Å². The highest BCUT2D eigenvalue weighted by molar-refractivity contribution is 6.29. The Bertz CT molecular complexity index is 4100.